The number of halogens is 3. The van der Waals surface area contributed by atoms with Crippen LogP contribution in [0.3, 0.4) is 0 Å². The number of nitrogens with one attached hydrogen (secondary N) is 2. The number of ether oxygens (including phenoxy) is 7. The van der Waals surface area contributed by atoms with Gasteiger partial charge in [0.15, 0.2) is 46.0 Å². The maximum atomic E-state index is 10.0. The number of alkyl halides is 3. The fourth-order valence-electron chi connectivity index (χ4n) is 6.73. The number of pyridine rings is 2. The molecule has 0 spiro atoms. The average Bonchev–Trinajstić information content (AvgIpc) is 3.40. The first kappa shape index (κ1) is 55.2. The van der Waals surface area contributed by atoms with Crippen molar-refractivity contribution in [2.24, 2.45) is 0 Å². The summed E-state index contributed by atoms with van der Waals surface area (Å²) in [6, 6.07) is 40.7. The van der Waals surface area contributed by atoms with Crippen molar-refractivity contribution in [3.05, 3.63) is 145 Å². The number of rotatable bonds is 18. The number of hydrogen-bond donors (Lipinski definition) is 3. The highest BCUT2D eigenvalue weighted by Gasteiger charge is 2.17. The Hall–Kier alpha value is -7.76. The van der Waals surface area contributed by atoms with Gasteiger partial charge in [0.1, 0.15) is 23.6 Å². The van der Waals surface area contributed by atoms with Crippen LogP contribution < -0.4 is 43.8 Å². The summed E-state index contributed by atoms with van der Waals surface area (Å²) in [5.74, 6) is 6.51. The zero-order valence-corrected chi connectivity index (χ0v) is 42.8. The average molecular weight is 1070 g/mol. The smallest absolute Gasteiger partial charge is 0.169 e. The Morgan fingerprint density at radius 1 is 0.556 bits per heavy atom. The van der Waals surface area contributed by atoms with E-state index in [4.69, 9.17) is 56.4 Å². The maximum absolute atomic E-state index is 10.0. The van der Waals surface area contributed by atoms with E-state index in [0.717, 1.165) is 34.4 Å². The Labute approximate surface area is 438 Å². The summed E-state index contributed by atoms with van der Waals surface area (Å²) >= 11 is 14.3. The van der Waals surface area contributed by atoms with Crippen LogP contribution in [0, 0.1) is 22.7 Å². The highest BCUT2D eigenvalue weighted by atomic mass is 79.9. The van der Waals surface area contributed by atoms with E-state index in [1.165, 1.54) is 19.4 Å². The van der Waals surface area contributed by atoms with Crippen molar-refractivity contribution in [2.45, 2.75) is 12.8 Å². The van der Waals surface area contributed by atoms with Crippen LogP contribution in [0.15, 0.2) is 134 Å². The van der Waals surface area contributed by atoms with Crippen LogP contribution in [0.25, 0.3) is 21.8 Å². The zero-order chi connectivity index (χ0) is 50.5. The predicted molar refractivity (Wildman–Crippen MR) is 289 cm³/mol. The Balaban J connectivity index is 0.000000243. The van der Waals surface area contributed by atoms with Crippen molar-refractivity contribution in [3.8, 4) is 69.6 Å². The van der Waals surface area contributed by atoms with Crippen LogP contribution in [0.2, 0.25) is 0 Å². The van der Waals surface area contributed by atoms with E-state index in [9.17, 15) is 15.6 Å². The quantitative estimate of drug-likeness (QED) is 0.0419. The number of aromatic nitrogens is 2. The third kappa shape index (κ3) is 14.4. The molecule has 0 unspecified atom stereocenters. The number of anilines is 4. The number of aromatic hydroxyl groups is 1. The number of hydrogen-bond acceptors (Lipinski definition) is 14. The normalized spacial score (nSPS) is 10.1. The van der Waals surface area contributed by atoms with Crippen molar-refractivity contribution >= 4 is 92.1 Å². The first-order valence-corrected chi connectivity index (χ1v) is 24.1. The molecule has 0 aliphatic heterocycles. The molecule has 3 N–H and O–H groups in total. The van der Waals surface area contributed by atoms with E-state index >= 15 is 0 Å². The lowest BCUT2D eigenvalue weighted by Gasteiger charge is -2.15. The van der Waals surface area contributed by atoms with Gasteiger partial charge >= 0.3 is 0 Å². The Bertz CT molecular complexity index is 3120. The summed E-state index contributed by atoms with van der Waals surface area (Å²) in [5.41, 5.74) is 4.72. The van der Waals surface area contributed by atoms with Crippen molar-refractivity contribution < 1.29 is 38.3 Å². The molecule has 8 aromatic rings. The van der Waals surface area contributed by atoms with Crippen LogP contribution in [0.5, 0.6) is 57.5 Å². The van der Waals surface area contributed by atoms with E-state index in [-0.39, 0.29) is 14.2 Å². The molecule has 0 aliphatic rings. The van der Waals surface area contributed by atoms with E-state index in [1.807, 2.05) is 103 Å². The van der Waals surface area contributed by atoms with Gasteiger partial charge in [0, 0.05) is 72.2 Å². The SMILES string of the molecule is COc1cc2c(Nc3ccc(Oc4ccccc4OC)cc3)c(C#N)cnc2cc1O.COc1cc2c(Nc3ccc(Oc4ccccc4OC)cc3)c(C#N)cnc2cc1OCCCCl.ClCCCBr.[B]. The van der Waals surface area contributed by atoms with Crippen molar-refractivity contribution in [1.82, 2.24) is 9.97 Å². The lowest BCUT2D eigenvalue weighted by Crippen LogP contribution is -2.02. The molecule has 0 atom stereocenters. The summed E-state index contributed by atoms with van der Waals surface area (Å²) < 4.78 is 39.1. The number of nitrogens with zero attached hydrogens (tertiary/aromatic N) is 4. The molecule has 18 heteroatoms. The molecule has 2 heterocycles. The molecule has 8 rings (SSSR count). The van der Waals surface area contributed by atoms with Gasteiger partial charge in [-0.1, -0.05) is 40.2 Å². The van der Waals surface area contributed by atoms with Gasteiger partial charge in [-0.3, -0.25) is 9.97 Å². The van der Waals surface area contributed by atoms with E-state index in [1.54, 1.807) is 39.7 Å². The van der Waals surface area contributed by atoms with Gasteiger partial charge in [0.2, 0.25) is 0 Å². The van der Waals surface area contributed by atoms with Gasteiger partial charge in [-0.05, 0) is 97.8 Å². The Morgan fingerprint density at radius 3 is 1.39 bits per heavy atom. The minimum absolute atomic E-state index is 0. The first-order valence-electron chi connectivity index (χ1n) is 21.9. The van der Waals surface area contributed by atoms with Crippen LogP contribution in [0.4, 0.5) is 22.7 Å². The molecule has 72 heavy (non-hydrogen) atoms. The molecule has 0 fully saturated rings. The molecule has 0 aliphatic carbocycles. The second-order valence-electron chi connectivity index (χ2n) is 14.8. The predicted octanol–water partition coefficient (Wildman–Crippen LogP) is 13.7. The summed E-state index contributed by atoms with van der Waals surface area (Å²) in [5, 5.41) is 38.3. The lowest BCUT2D eigenvalue weighted by molar-refractivity contribution is 0.295. The van der Waals surface area contributed by atoms with E-state index in [0.29, 0.717) is 110 Å². The van der Waals surface area contributed by atoms with Gasteiger partial charge < -0.3 is 48.9 Å². The number of fused-ring (bicyclic) bond motifs is 2. The molecule has 0 saturated carbocycles. The number of benzene rings is 6. The molecule has 0 amide bonds. The number of phenols is 1. The minimum atomic E-state index is -0.0176. The lowest BCUT2D eigenvalue weighted by atomic mass is 10.1. The fourth-order valence-corrected chi connectivity index (χ4v) is 7.58. The molecule has 367 valence electrons. The molecule has 14 nitrogen and oxygen atoms in total. The minimum Gasteiger partial charge on any atom is -0.504 e. The molecule has 6 aromatic carbocycles. The molecule has 2 aromatic heterocycles. The molecule has 0 bridgehead atoms. The molecular formula is C54H49BBrCl2N6O8. The topological polar surface area (TPSA) is 182 Å². The van der Waals surface area contributed by atoms with Crippen molar-refractivity contribution in [2.75, 3.05) is 62.8 Å². The van der Waals surface area contributed by atoms with E-state index < -0.39 is 0 Å². The second kappa shape index (κ2) is 28.2. The largest absolute Gasteiger partial charge is 0.504 e. The van der Waals surface area contributed by atoms with Gasteiger partial charge in [-0.15, -0.1) is 23.2 Å². The van der Waals surface area contributed by atoms with Crippen LogP contribution in [0.1, 0.15) is 24.0 Å². The van der Waals surface area contributed by atoms with E-state index in [2.05, 4.69) is 48.7 Å². The van der Waals surface area contributed by atoms with Crippen LogP contribution in [-0.2, 0) is 0 Å². The fraction of sp³-hybridized carbons (Fsp3) is 0.185. The van der Waals surface area contributed by atoms with Crippen molar-refractivity contribution in [3.63, 3.8) is 0 Å². The summed E-state index contributed by atoms with van der Waals surface area (Å²) in [7, 11) is 6.24. The summed E-state index contributed by atoms with van der Waals surface area (Å²) in [4.78, 5) is 8.70. The first-order chi connectivity index (χ1) is 34.7. The highest BCUT2D eigenvalue weighted by Crippen LogP contribution is 2.40. The number of nitriles is 2. The van der Waals surface area contributed by atoms with Crippen LogP contribution >= 0.6 is 39.1 Å². The third-order valence-electron chi connectivity index (χ3n) is 10.2. The van der Waals surface area contributed by atoms with Gasteiger partial charge in [-0.25, -0.2) is 0 Å². The molecule has 0 saturated heterocycles. The Kier molecular flexibility index (Phi) is 21.6. The highest BCUT2D eigenvalue weighted by molar-refractivity contribution is 9.09. The summed E-state index contributed by atoms with van der Waals surface area (Å²) in [6.45, 7) is 0.468. The number of methoxy groups -OCH3 is 4. The standard InChI is InChI=1S/C27H24ClN3O4.C24H19N3O4.C3H6BrCl.B/c1-32-23-6-3-4-7-24(23)35-20-10-8-19(9-11-20)31-27-18(16-29)17-30-22-15-26(34-13-5-12-28)25(33-2)14-21(22)27;1-29-21-5-3-4-6-22(21)31-17-9-7-16(8-10-17)27-24-15(13-25)14-26-19-12-20(28)23(30-2)11-18(19)24;4-2-1-3-5;/h3-4,6-11,14-15,17H,5,12-13H2,1-2H3,(H,30,31);3-12,14,28H,1-2H3,(H,26,27);1-3H2;. The monoisotopic (exact) mass is 1070 g/mol. The summed E-state index contributed by atoms with van der Waals surface area (Å²) in [6.07, 6.45) is 4.79. The maximum Gasteiger partial charge on any atom is 0.169 e. The second-order valence-corrected chi connectivity index (χ2v) is 16.4. The van der Waals surface area contributed by atoms with Crippen molar-refractivity contribution in [1.29, 1.82) is 10.5 Å². The third-order valence-corrected chi connectivity index (χ3v) is 11.3. The Morgan fingerprint density at radius 2 is 0.986 bits per heavy atom. The number of phenolic OH excluding ortho intramolecular Hbond substituents is 1. The zero-order valence-electron chi connectivity index (χ0n) is 39.7. The van der Waals surface area contributed by atoms with Gasteiger partial charge in [-0.2, -0.15) is 10.5 Å². The van der Waals surface area contributed by atoms with Gasteiger partial charge in [0.05, 0.1) is 68.6 Å². The number of para-hydroxylation sites is 4. The van der Waals surface area contributed by atoms with Gasteiger partial charge in [0.25, 0.3) is 0 Å². The van der Waals surface area contributed by atoms with Crippen LogP contribution in [-0.4, -0.2) is 75.6 Å². The molecular weight excluding hydrogens is 1020 g/mol. The molecule has 3 radical (unpaired) electrons.